The van der Waals surface area contributed by atoms with Crippen LogP contribution >= 0.6 is 0 Å². The molecule has 8 nitrogen and oxygen atoms in total. The fourth-order valence-corrected chi connectivity index (χ4v) is 5.10. The lowest BCUT2D eigenvalue weighted by molar-refractivity contribution is -0.142. The summed E-state index contributed by atoms with van der Waals surface area (Å²) < 4.78 is 2.02. The molecule has 1 fully saturated rings. The Hall–Kier alpha value is -4.33. The van der Waals surface area contributed by atoms with Crippen molar-refractivity contribution in [1.29, 1.82) is 0 Å². The molecule has 5 aromatic rings. The van der Waals surface area contributed by atoms with E-state index >= 15 is 0 Å². The van der Waals surface area contributed by atoms with E-state index in [1.807, 2.05) is 59.1 Å². The minimum atomic E-state index is -0.709. The van der Waals surface area contributed by atoms with Gasteiger partial charge in [0.25, 0.3) is 0 Å². The van der Waals surface area contributed by atoms with Crippen LogP contribution in [0.15, 0.2) is 67.1 Å². The molecule has 4 aromatic heterocycles. The normalized spacial score (nSPS) is 18.2. The molecule has 0 aliphatic heterocycles. The summed E-state index contributed by atoms with van der Waals surface area (Å²) in [4.78, 5) is 30.1. The van der Waals surface area contributed by atoms with Crippen LogP contribution in [0.25, 0.3) is 39.1 Å². The monoisotopic (exact) mass is 464 g/mol. The van der Waals surface area contributed by atoms with Crippen LogP contribution in [0.1, 0.15) is 37.4 Å². The first kappa shape index (κ1) is 21.2. The highest BCUT2D eigenvalue weighted by atomic mass is 16.4. The SMILES string of the molecule is Nc1nccn2c(C3CCC(C(=O)O)CC3)nc(-c3ccc4ccc(-c5ccccn5)nc4c3)c12. The second kappa shape index (κ2) is 8.47. The van der Waals surface area contributed by atoms with Crippen molar-refractivity contribution in [2.24, 2.45) is 5.92 Å². The maximum Gasteiger partial charge on any atom is 0.306 e. The number of carboxylic acids is 1. The molecule has 174 valence electrons. The van der Waals surface area contributed by atoms with E-state index in [9.17, 15) is 9.90 Å². The summed E-state index contributed by atoms with van der Waals surface area (Å²) in [6.45, 7) is 0. The molecule has 1 saturated carbocycles. The maximum absolute atomic E-state index is 11.4. The molecule has 0 saturated heterocycles. The van der Waals surface area contributed by atoms with Crippen molar-refractivity contribution < 1.29 is 9.90 Å². The van der Waals surface area contributed by atoms with E-state index in [4.69, 9.17) is 15.7 Å². The molecule has 8 heteroatoms. The zero-order valence-electron chi connectivity index (χ0n) is 19.0. The number of aromatic nitrogens is 5. The lowest BCUT2D eigenvalue weighted by atomic mass is 9.81. The first-order valence-corrected chi connectivity index (χ1v) is 11.8. The van der Waals surface area contributed by atoms with E-state index in [0.29, 0.717) is 18.7 Å². The van der Waals surface area contributed by atoms with E-state index in [0.717, 1.165) is 57.7 Å². The van der Waals surface area contributed by atoms with Crippen LogP contribution in [0.4, 0.5) is 5.82 Å². The topological polar surface area (TPSA) is 119 Å². The van der Waals surface area contributed by atoms with Crippen LogP contribution in [-0.4, -0.2) is 35.4 Å². The number of hydrogen-bond donors (Lipinski definition) is 2. The fourth-order valence-electron chi connectivity index (χ4n) is 5.10. The van der Waals surface area contributed by atoms with Gasteiger partial charge < -0.3 is 10.8 Å². The average Bonchev–Trinajstić information content (AvgIpc) is 3.30. The molecule has 0 amide bonds. The second-order valence-electron chi connectivity index (χ2n) is 9.06. The Labute approximate surface area is 201 Å². The predicted molar refractivity (Wildman–Crippen MR) is 134 cm³/mol. The Morgan fingerprint density at radius 3 is 2.54 bits per heavy atom. The van der Waals surface area contributed by atoms with Gasteiger partial charge in [-0.2, -0.15) is 0 Å². The van der Waals surface area contributed by atoms with Gasteiger partial charge in [-0.15, -0.1) is 0 Å². The molecule has 0 radical (unpaired) electrons. The lowest BCUT2D eigenvalue weighted by Crippen LogP contribution is -2.21. The van der Waals surface area contributed by atoms with Crippen molar-refractivity contribution in [1.82, 2.24) is 24.3 Å². The van der Waals surface area contributed by atoms with Gasteiger partial charge in [0.15, 0.2) is 0 Å². The number of benzene rings is 1. The van der Waals surface area contributed by atoms with Gasteiger partial charge in [0, 0.05) is 35.5 Å². The molecule has 0 unspecified atom stereocenters. The molecular formula is C27H24N6O2. The van der Waals surface area contributed by atoms with E-state index in [2.05, 4.69) is 9.97 Å². The summed E-state index contributed by atoms with van der Waals surface area (Å²) in [5.74, 6) is 0.504. The Morgan fingerprint density at radius 1 is 0.943 bits per heavy atom. The molecular weight excluding hydrogens is 440 g/mol. The van der Waals surface area contributed by atoms with Gasteiger partial charge in [-0.3, -0.25) is 14.2 Å². The molecule has 1 aromatic carbocycles. The number of imidazole rings is 1. The molecule has 35 heavy (non-hydrogen) atoms. The predicted octanol–water partition coefficient (Wildman–Crippen LogP) is 4.95. The molecule has 1 aliphatic rings. The van der Waals surface area contributed by atoms with Crippen LogP contribution in [-0.2, 0) is 4.79 Å². The third kappa shape index (κ3) is 3.77. The van der Waals surface area contributed by atoms with Crippen LogP contribution in [0.3, 0.4) is 0 Å². The van der Waals surface area contributed by atoms with Crippen LogP contribution in [0.5, 0.6) is 0 Å². The molecule has 6 rings (SSSR count). The second-order valence-corrected chi connectivity index (χ2v) is 9.06. The number of anilines is 1. The Balaban J connectivity index is 1.44. The van der Waals surface area contributed by atoms with E-state index < -0.39 is 5.97 Å². The van der Waals surface area contributed by atoms with Gasteiger partial charge in [-0.25, -0.2) is 15.0 Å². The van der Waals surface area contributed by atoms with Gasteiger partial charge >= 0.3 is 5.97 Å². The third-order valence-electron chi connectivity index (χ3n) is 6.94. The van der Waals surface area contributed by atoms with Crippen molar-refractivity contribution >= 4 is 28.2 Å². The summed E-state index contributed by atoms with van der Waals surface area (Å²) in [7, 11) is 0. The Kier molecular flexibility index (Phi) is 5.13. The minimum absolute atomic E-state index is 0.169. The number of carboxylic acid groups (broad SMARTS) is 1. The van der Waals surface area contributed by atoms with Gasteiger partial charge in [0.05, 0.1) is 22.8 Å². The molecule has 0 spiro atoms. The summed E-state index contributed by atoms with van der Waals surface area (Å²) in [5, 5.41) is 10.4. The summed E-state index contributed by atoms with van der Waals surface area (Å²) in [6, 6.07) is 15.9. The van der Waals surface area contributed by atoms with Gasteiger partial charge in [-0.05, 0) is 49.9 Å². The first-order chi connectivity index (χ1) is 17.1. The number of pyridine rings is 2. The van der Waals surface area contributed by atoms with Crippen molar-refractivity contribution in [2.45, 2.75) is 31.6 Å². The maximum atomic E-state index is 11.4. The number of nitrogens with two attached hydrogens (primary N) is 1. The third-order valence-corrected chi connectivity index (χ3v) is 6.94. The fraction of sp³-hybridized carbons (Fsp3) is 0.222. The van der Waals surface area contributed by atoms with Gasteiger partial charge in [-0.1, -0.05) is 24.3 Å². The van der Waals surface area contributed by atoms with E-state index in [-0.39, 0.29) is 11.8 Å². The van der Waals surface area contributed by atoms with Crippen molar-refractivity contribution in [2.75, 3.05) is 5.73 Å². The van der Waals surface area contributed by atoms with Crippen molar-refractivity contribution in [3.05, 3.63) is 72.9 Å². The Morgan fingerprint density at radius 2 is 1.77 bits per heavy atom. The quantitative estimate of drug-likeness (QED) is 0.386. The highest BCUT2D eigenvalue weighted by Crippen LogP contribution is 2.39. The molecule has 1 aliphatic carbocycles. The molecule has 4 heterocycles. The van der Waals surface area contributed by atoms with Crippen LogP contribution < -0.4 is 5.73 Å². The van der Waals surface area contributed by atoms with Crippen molar-refractivity contribution in [3.63, 3.8) is 0 Å². The number of fused-ring (bicyclic) bond motifs is 2. The molecule has 0 bridgehead atoms. The first-order valence-electron chi connectivity index (χ1n) is 11.8. The number of hydrogen-bond acceptors (Lipinski definition) is 6. The van der Waals surface area contributed by atoms with E-state index in [1.165, 1.54) is 0 Å². The Bertz CT molecular complexity index is 1550. The van der Waals surface area contributed by atoms with Crippen molar-refractivity contribution in [3.8, 4) is 22.6 Å². The highest BCUT2D eigenvalue weighted by Gasteiger charge is 2.30. The highest BCUT2D eigenvalue weighted by molar-refractivity contribution is 5.91. The van der Waals surface area contributed by atoms with E-state index in [1.54, 1.807) is 12.4 Å². The van der Waals surface area contributed by atoms with Crippen LogP contribution in [0.2, 0.25) is 0 Å². The van der Waals surface area contributed by atoms with Crippen LogP contribution in [0, 0.1) is 5.92 Å². The number of nitrogen functional groups attached to an aromatic ring is 1. The average molecular weight is 465 g/mol. The number of rotatable bonds is 4. The molecule has 0 atom stereocenters. The number of nitrogens with zero attached hydrogens (tertiary/aromatic N) is 5. The summed E-state index contributed by atoms with van der Waals surface area (Å²) >= 11 is 0. The summed E-state index contributed by atoms with van der Waals surface area (Å²) in [5.41, 5.74) is 11.2. The number of aliphatic carboxylic acids is 1. The van der Waals surface area contributed by atoms with Gasteiger partial charge in [0.2, 0.25) is 0 Å². The standard InChI is InChI=1S/C27H24N6O2/c28-25-24-23(32-26(33(24)14-13-30-25)17-5-7-18(8-6-17)27(34)35)19-9-4-16-10-11-21(31-22(16)15-19)20-3-1-2-12-29-20/h1-4,9-15,17-18H,5-8H2,(H2,28,30)(H,34,35). The van der Waals surface area contributed by atoms with Gasteiger partial charge in [0.1, 0.15) is 22.9 Å². The molecule has 3 N–H and O–H groups in total. The smallest absolute Gasteiger partial charge is 0.306 e. The number of carbonyl (C=O) groups is 1. The zero-order chi connectivity index (χ0) is 23.9. The minimum Gasteiger partial charge on any atom is -0.481 e. The summed E-state index contributed by atoms with van der Waals surface area (Å²) in [6.07, 6.45) is 8.20. The zero-order valence-corrected chi connectivity index (χ0v) is 19.0. The largest absolute Gasteiger partial charge is 0.481 e. The lowest BCUT2D eigenvalue weighted by Gasteiger charge is -2.25.